The van der Waals surface area contributed by atoms with Gasteiger partial charge in [-0.25, -0.2) is 0 Å². The predicted molar refractivity (Wildman–Crippen MR) is 152 cm³/mol. The maximum atomic E-state index is 13.8. The number of para-hydroxylation sites is 1. The summed E-state index contributed by atoms with van der Waals surface area (Å²) in [5, 5.41) is 1.08. The normalized spacial score (nSPS) is 13.2. The minimum Gasteiger partial charge on any atom is -0.493 e. The molecule has 1 aromatic heterocycles. The number of fused-ring (bicyclic) bond motifs is 1. The maximum absolute atomic E-state index is 13.8. The Balaban J connectivity index is 1.37. The SMILES string of the molecule is COc1ccc(CN(CCc2c[nH]c3ccccc23)C(=O)CN(C(=O)c2ccc(C(F)(F)F)cc2)C2CC2)cc1OC. The van der Waals surface area contributed by atoms with Crippen LogP contribution in [0, 0.1) is 0 Å². The lowest BCUT2D eigenvalue weighted by Gasteiger charge is -2.28. The fourth-order valence-electron chi connectivity index (χ4n) is 5.05. The molecule has 4 aromatic rings. The largest absolute Gasteiger partial charge is 0.493 e. The van der Waals surface area contributed by atoms with Crippen molar-refractivity contribution in [2.75, 3.05) is 27.3 Å². The number of halogens is 3. The summed E-state index contributed by atoms with van der Waals surface area (Å²) < 4.78 is 49.9. The van der Waals surface area contributed by atoms with Crippen molar-refractivity contribution in [2.24, 2.45) is 0 Å². The van der Waals surface area contributed by atoms with Crippen LogP contribution in [0.25, 0.3) is 10.9 Å². The minimum absolute atomic E-state index is 0.118. The number of hydrogen-bond acceptors (Lipinski definition) is 4. The molecule has 0 aliphatic heterocycles. The summed E-state index contributed by atoms with van der Waals surface area (Å²) in [5.41, 5.74) is 2.19. The lowest BCUT2D eigenvalue weighted by atomic mass is 10.1. The van der Waals surface area contributed by atoms with E-state index in [1.54, 1.807) is 25.2 Å². The molecule has 7 nitrogen and oxygen atoms in total. The molecule has 1 N–H and O–H groups in total. The van der Waals surface area contributed by atoms with Crippen LogP contribution in [0.1, 0.15) is 39.9 Å². The van der Waals surface area contributed by atoms with Gasteiger partial charge >= 0.3 is 6.18 Å². The predicted octanol–water partition coefficient (Wildman–Crippen LogP) is 6.08. The van der Waals surface area contributed by atoms with Gasteiger partial charge in [0.2, 0.25) is 5.91 Å². The van der Waals surface area contributed by atoms with Crippen LogP contribution in [0.5, 0.6) is 11.5 Å². The Bertz CT molecular complexity index is 1560. The third kappa shape index (κ3) is 6.53. The Morgan fingerprint density at radius 3 is 2.33 bits per heavy atom. The summed E-state index contributed by atoms with van der Waals surface area (Å²) in [6.07, 6.45) is -0.494. The van der Waals surface area contributed by atoms with Gasteiger partial charge in [0, 0.05) is 41.8 Å². The summed E-state index contributed by atoms with van der Waals surface area (Å²) in [6, 6.07) is 17.4. The number of amides is 2. The second-order valence-corrected chi connectivity index (χ2v) is 10.4. The molecule has 42 heavy (non-hydrogen) atoms. The first-order valence-corrected chi connectivity index (χ1v) is 13.7. The number of H-pyrrole nitrogens is 1. The van der Waals surface area contributed by atoms with Crippen molar-refractivity contribution >= 4 is 22.7 Å². The van der Waals surface area contributed by atoms with Gasteiger partial charge in [-0.05, 0) is 72.9 Å². The Morgan fingerprint density at radius 2 is 1.67 bits per heavy atom. The van der Waals surface area contributed by atoms with Crippen molar-refractivity contribution in [1.82, 2.24) is 14.8 Å². The molecule has 1 saturated carbocycles. The number of benzene rings is 3. The van der Waals surface area contributed by atoms with E-state index in [4.69, 9.17) is 9.47 Å². The summed E-state index contributed by atoms with van der Waals surface area (Å²) in [6.45, 7) is 0.488. The quantitative estimate of drug-likeness (QED) is 0.234. The average molecular weight is 580 g/mol. The molecule has 0 atom stereocenters. The Hall–Kier alpha value is -4.47. The minimum atomic E-state index is -4.50. The van der Waals surface area contributed by atoms with E-state index < -0.39 is 17.6 Å². The van der Waals surface area contributed by atoms with Crippen LogP contribution in [-0.2, 0) is 23.9 Å². The monoisotopic (exact) mass is 579 g/mol. The highest BCUT2D eigenvalue weighted by molar-refractivity contribution is 5.97. The van der Waals surface area contributed by atoms with Crippen LogP contribution in [0.4, 0.5) is 13.2 Å². The first-order chi connectivity index (χ1) is 20.2. The molecule has 0 spiro atoms. The molecule has 1 aliphatic carbocycles. The topological polar surface area (TPSA) is 74.9 Å². The summed E-state index contributed by atoms with van der Waals surface area (Å²) in [5.74, 6) is 0.398. The van der Waals surface area contributed by atoms with Crippen LogP contribution < -0.4 is 9.47 Å². The van der Waals surface area contributed by atoms with E-state index >= 15 is 0 Å². The lowest BCUT2D eigenvalue weighted by molar-refractivity contribution is -0.137. The van der Waals surface area contributed by atoms with Gasteiger partial charge in [0.15, 0.2) is 11.5 Å². The third-order valence-corrected chi connectivity index (χ3v) is 7.51. The molecular weight excluding hydrogens is 547 g/mol. The number of hydrogen-bond donors (Lipinski definition) is 1. The highest BCUT2D eigenvalue weighted by atomic mass is 19.4. The Morgan fingerprint density at radius 1 is 0.952 bits per heavy atom. The summed E-state index contributed by atoms with van der Waals surface area (Å²) in [4.78, 5) is 33.7. The maximum Gasteiger partial charge on any atom is 0.416 e. The van der Waals surface area contributed by atoms with E-state index in [0.29, 0.717) is 24.5 Å². The highest BCUT2D eigenvalue weighted by Crippen LogP contribution is 2.32. The number of nitrogens with one attached hydrogen (secondary N) is 1. The molecule has 1 heterocycles. The number of ether oxygens (including phenoxy) is 2. The van der Waals surface area contributed by atoms with E-state index in [-0.39, 0.29) is 30.6 Å². The number of methoxy groups -OCH3 is 2. The van der Waals surface area contributed by atoms with E-state index in [2.05, 4.69) is 4.98 Å². The van der Waals surface area contributed by atoms with Crippen LogP contribution in [0.3, 0.4) is 0 Å². The van der Waals surface area contributed by atoms with Gasteiger partial charge in [0.05, 0.1) is 19.8 Å². The van der Waals surface area contributed by atoms with E-state index in [0.717, 1.165) is 47.0 Å². The number of alkyl halides is 3. The van der Waals surface area contributed by atoms with Crippen molar-refractivity contribution < 1.29 is 32.2 Å². The van der Waals surface area contributed by atoms with Crippen molar-refractivity contribution in [3.05, 3.63) is 95.2 Å². The molecule has 0 saturated heterocycles. The Labute approximate surface area is 241 Å². The first kappa shape index (κ1) is 29.0. The number of nitrogens with zero attached hydrogens (tertiary/aromatic N) is 2. The van der Waals surface area contributed by atoms with Gasteiger partial charge in [0.25, 0.3) is 5.91 Å². The van der Waals surface area contributed by atoms with Crippen LogP contribution in [0.2, 0.25) is 0 Å². The molecule has 3 aromatic carbocycles. The number of aromatic nitrogens is 1. The van der Waals surface area contributed by atoms with Gasteiger partial charge in [-0.1, -0.05) is 24.3 Å². The molecule has 0 unspecified atom stereocenters. The fraction of sp³-hybridized carbons (Fsp3) is 0.312. The highest BCUT2D eigenvalue weighted by Gasteiger charge is 2.36. The van der Waals surface area contributed by atoms with Crippen LogP contribution >= 0.6 is 0 Å². The second kappa shape index (κ2) is 12.2. The van der Waals surface area contributed by atoms with Crippen molar-refractivity contribution in [2.45, 2.75) is 38.0 Å². The molecule has 0 bridgehead atoms. The van der Waals surface area contributed by atoms with E-state index in [1.807, 2.05) is 42.6 Å². The number of carbonyl (C=O) groups is 2. The van der Waals surface area contributed by atoms with Gasteiger partial charge < -0.3 is 24.3 Å². The second-order valence-electron chi connectivity index (χ2n) is 10.4. The number of rotatable bonds is 11. The van der Waals surface area contributed by atoms with E-state index in [1.165, 1.54) is 17.0 Å². The van der Waals surface area contributed by atoms with Crippen LogP contribution in [-0.4, -0.2) is 59.9 Å². The zero-order chi connectivity index (χ0) is 29.9. The number of carbonyl (C=O) groups excluding carboxylic acids is 2. The third-order valence-electron chi connectivity index (χ3n) is 7.51. The summed E-state index contributed by atoms with van der Waals surface area (Å²) >= 11 is 0. The summed E-state index contributed by atoms with van der Waals surface area (Å²) in [7, 11) is 3.09. The van der Waals surface area contributed by atoms with Crippen molar-refractivity contribution in [3.63, 3.8) is 0 Å². The molecular formula is C32H32F3N3O4. The van der Waals surface area contributed by atoms with Gasteiger partial charge in [-0.2, -0.15) is 13.2 Å². The molecule has 1 aliphatic rings. The number of aromatic amines is 1. The van der Waals surface area contributed by atoms with Gasteiger partial charge in [-0.15, -0.1) is 0 Å². The van der Waals surface area contributed by atoms with Gasteiger partial charge in [0.1, 0.15) is 6.54 Å². The Kier molecular flexibility index (Phi) is 8.42. The molecule has 10 heteroatoms. The lowest BCUT2D eigenvalue weighted by Crippen LogP contribution is -2.44. The van der Waals surface area contributed by atoms with Crippen molar-refractivity contribution in [3.8, 4) is 11.5 Å². The van der Waals surface area contributed by atoms with Gasteiger partial charge in [-0.3, -0.25) is 9.59 Å². The molecule has 0 radical (unpaired) electrons. The zero-order valence-corrected chi connectivity index (χ0v) is 23.4. The standard InChI is InChI=1S/C32H32F3N3O4/c1-41-28-14-7-21(17-29(28)42-2)19-37(16-15-23-18-36-27-6-4-3-5-26(23)27)30(39)20-38(25-12-13-25)31(40)22-8-10-24(11-9-22)32(33,34)35/h3-11,14,17-18,25,36H,12-13,15-16,19-20H2,1-2H3. The zero-order valence-electron chi connectivity index (χ0n) is 23.4. The van der Waals surface area contributed by atoms with Crippen LogP contribution in [0.15, 0.2) is 72.9 Å². The van der Waals surface area contributed by atoms with Crippen molar-refractivity contribution in [1.29, 1.82) is 0 Å². The van der Waals surface area contributed by atoms with E-state index in [9.17, 15) is 22.8 Å². The first-order valence-electron chi connectivity index (χ1n) is 13.7. The molecule has 5 rings (SSSR count). The fourth-order valence-corrected chi connectivity index (χ4v) is 5.05. The molecule has 1 fully saturated rings. The molecule has 220 valence electrons. The molecule has 2 amide bonds. The average Bonchev–Trinajstić information content (AvgIpc) is 3.76. The smallest absolute Gasteiger partial charge is 0.416 e.